The number of ether oxygens (including phenoxy) is 3. The van der Waals surface area contributed by atoms with Crippen molar-refractivity contribution in [2.45, 2.75) is 71.0 Å². The predicted octanol–water partition coefficient (Wildman–Crippen LogP) is 2.58. The first-order valence-electron chi connectivity index (χ1n) is 21.8. The summed E-state index contributed by atoms with van der Waals surface area (Å²) in [5.74, 6) is 0.210. The number of nitrogens with zero attached hydrogens (tertiary/aromatic N) is 6. The van der Waals surface area contributed by atoms with Crippen molar-refractivity contribution in [2.24, 2.45) is 37.9 Å². The Balaban J connectivity index is 1.02. The molecule has 24 heteroatoms. The zero-order valence-corrected chi connectivity index (χ0v) is 39.7. The SMILES string of the molecule is Cc1sc2c(c1C)C(c1ccc(Cl)cc1)=N[C@@H](CC(=O)Nc1ccc(OCCOCCOCCNC(=O)[C@H](CCCN=C(N)N)NC(=O)[C@H](CCCN=C(N)N)NC(=O)O)cc1)c1nnc(C)n1-2. The zero-order chi connectivity index (χ0) is 49.2. The van der Waals surface area contributed by atoms with Gasteiger partial charge < -0.3 is 63.5 Å². The van der Waals surface area contributed by atoms with E-state index in [0.29, 0.717) is 40.9 Å². The summed E-state index contributed by atoms with van der Waals surface area (Å²) in [6.45, 7) is 7.79. The average Bonchev–Trinajstić information content (AvgIpc) is 3.77. The number of carbonyl (C=O) groups is 4. The molecule has 0 bridgehead atoms. The first kappa shape index (κ1) is 52.2. The minimum absolute atomic E-state index is 0.0279. The lowest BCUT2D eigenvalue weighted by Gasteiger charge is -2.22. The molecule has 4 aromatic rings. The van der Waals surface area contributed by atoms with Crippen LogP contribution in [0.4, 0.5) is 10.5 Å². The number of carbonyl (C=O) groups excluding carboxylic acids is 3. The summed E-state index contributed by atoms with van der Waals surface area (Å²) in [6, 6.07) is 11.8. The van der Waals surface area contributed by atoms with Gasteiger partial charge in [0.25, 0.3) is 0 Å². The smallest absolute Gasteiger partial charge is 0.405 e. The number of aromatic nitrogens is 3. The number of nitrogens with two attached hydrogens (primary N) is 4. The second-order valence-corrected chi connectivity index (χ2v) is 17.1. The van der Waals surface area contributed by atoms with Crippen LogP contribution in [0.5, 0.6) is 5.75 Å². The van der Waals surface area contributed by atoms with Crippen molar-refractivity contribution in [3.8, 4) is 10.8 Å². The molecular formula is C44H59ClN14O8S. The summed E-state index contributed by atoms with van der Waals surface area (Å²) < 4.78 is 19.0. The van der Waals surface area contributed by atoms with Gasteiger partial charge in [-0.2, -0.15) is 0 Å². The average molecular weight is 980 g/mol. The Morgan fingerprint density at radius 2 is 1.44 bits per heavy atom. The number of nitrogens with one attached hydrogen (secondary N) is 4. The molecule has 0 saturated carbocycles. The van der Waals surface area contributed by atoms with Gasteiger partial charge in [0.15, 0.2) is 17.7 Å². The third-order valence-electron chi connectivity index (χ3n) is 10.4. The van der Waals surface area contributed by atoms with Crippen LogP contribution in [0.25, 0.3) is 5.00 Å². The van der Waals surface area contributed by atoms with Crippen LogP contribution < -0.4 is 48.9 Å². The van der Waals surface area contributed by atoms with Crippen molar-refractivity contribution in [1.29, 1.82) is 0 Å². The molecule has 0 aliphatic carbocycles. The van der Waals surface area contributed by atoms with Gasteiger partial charge in [0.2, 0.25) is 17.7 Å². The highest BCUT2D eigenvalue weighted by molar-refractivity contribution is 7.15. The number of hydrogen-bond acceptors (Lipinski definition) is 13. The Morgan fingerprint density at radius 3 is 2.07 bits per heavy atom. The van der Waals surface area contributed by atoms with E-state index in [9.17, 15) is 24.3 Å². The molecule has 5 rings (SSSR count). The van der Waals surface area contributed by atoms with Crippen molar-refractivity contribution in [3.63, 3.8) is 0 Å². The molecule has 13 N–H and O–H groups in total. The minimum Gasteiger partial charge on any atom is -0.491 e. The number of aryl methyl sites for hydroxylation is 2. The number of hydrogen-bond donors (Lipinski definition) is 9. The normalized spacial score (nSPS) is 13.6. The number of halogens is 1. The number of thiophene rings is 1. The maximum atomic E-state index is 13.5. The van der Waals surface area contributed by atoms with Crippen LogP contribution in [0.15, 0.2) is 63.5 Å². The van der Waals surface area contributed by atoms with Gasteiger partial charge in [0.05, 0.1) is 38.6 Å². The third kappa shape index (κ3) is 15.6. The van der Waals surface area contributed by atoms with Crippen LogP contribution in [-0.2, 0) is 23.9 Å². The number of fused-ring (bicyclic) bond motifs is 3. The van der Waals surface area contributed by atoms with E-state index < -0.39 is 36.0 Å². The molecule has 0 fully saturated rings. The fraction of sp³-hybridized carbons (Fsp3) is 0.432. The van der Waals surface area contributed by atoms with Crippen LogP contribution in [0, 0.1) is 20.8 Å². The molecule has 0 radical (unpaired) electrons. The molecule has 3 heterocycles. The second kappa shape index (κ2) is 25.9. The molecule has 1 aliphatic heterocycles. The van der Waals surface area contributed by atoms with E-state index in [1.165, 1.54) is 0 Å². The molecule has 0 spiro atoms. The van der Waals surface area contributed by atoms with Crippen LogP contribution in [0.3, 0.4) is 0 Å². The van der Waals surface area contributed by atoms with Gasteiger partial charge in [-0.25, -0.2) is 4.79 Å². The van der Waals surface area contributed by atoms with E-state index in [0.717, 1.165) is 32.3 Å². The highest BCUT2D eigenvalue weighted by atomic mass is 35.5. The third-order valence-corrected chi connectivity index (χ3v) is 11.9. The van der Waals surface area contributed by atoms with Crippen molar-refractivity contribution in [3.05, 3.63) is 86.8 Å². The van der Waals surface area contributed by atoms with Gasteiger partial charge in [0.1, 0.15) is 41.3 Å². The van der Waals surface area contributed by atoms with Crippen LogP contribution >= 0.6 is 22.9 Å². The molecule has 4 amide bonds. The first-order chi connectivity index (χ1) is 32.6. The number of amides is 4. The van der Waals surface area contributed by atoms with Crippen molar-refractivity contribution in [2.75, 3.05) is 58.0 Å². The molecule has 1 aliphatic rings. The molecule has 0 saturated heterocycles. The summed E-state index contributed by atoms with van der Waals surface area (Å²) in [5.41, 5.74) is 25.8. The second-order valence-electron chi connectivity index (χ2n) is 15.5. The first-order valence-corrected chi connectivity index (χ1v) is 23.0. The standard InChI is InChI=1S/C44H59ClN14O8S/c1-25-26(2)68-41-36(25)37(28-8-10-29(45)11-9-28)54-34(38-58-57-27(3)59(38)41)24-35(60)53-30-12-14-31(15-13-30)67-23-22-66-21-20-65-19-18-50-39(61)32(6-4-16-51-42(46)47)55-40(62)33(56-44(63)64)7-5-17-52-43(48)49/h8-15,32-34,56H,4-7,16-24H2,1-3H3,(H,50,61)(H,53,60)(H,55,62)(H,63,64)(H4,46,47,51)(H4,48,49,52)/t32-,33-,34-/m0/s1. The summed E-state index contributed by atoms with van der Waals surface area (Å²) in [7, 11) is 0. The number of carboxylic acid groups (broad SMARTS) is 1. The number of anilines is 1. The maximum absolute atomic E-state index is 13.5. The maximum Gasteiger partial charge on any atom is 0.405 e. The van der Waals surface area contributed by atoms with E-state index in [-0.39, 0.29) is 89.8 Å². The molecule has 2 aromatic carbocycles. The van der Waals surface area contributed by atoms with Gasteiger partial charge >= 0.3 is 6.09 Å². The lowest BCUT2D eigenvalue weighted by molar-refractivity contribution is -0.130. The van der Waals surface area contributed by atoms with Crippen LogP contribution in [-0.4, -0.2) is 126 Å². The number of benzene rings is 2. The Hall–Kier alpha value is -6.82. The quantitative estimate of drug-likeness (QED) is 0.0248. The Kier molecular flexibility index (Phi) is 19.9. The Labute approximate surface area is 402 Å². The number of aliphatic imine (C=N–C) groups is 3. The van der Waals surface area contributed by atoms with Gasteiger partial charge in [-0.3, -0.25) is 33.9 Å². The van der Waals surface area contributed by atoms with E-state index in [2.05, 4.69) is 55.3 Å². The highest BCUT2D eigenvalue weighted by Gasteiger charge is 2.33. The van der Waals surface area contributed by atoms with Crippen molar-refractivity contribution < 1.29 is 38.5 Å². The zero-order valence-electron chi connectivity index (χ0n) is 38.1. The van der Waals surface area contributed by atoms with Crippen LogP contribution in [0.2, 0.25) is 5.02 Å². The van der Waals surface area contributed by atoms with E-state index in [1.807, 2.05) is 35.8 Å². The minimum atomic E-state index is -1.40. The molecule has 2 aromatic heterocycles. The van der Waals surface area contributed by atoms with E-state index >= 15 is 0 Å². The summed E-state index contributed by atoms with van der Waals surface area (Å²) in [6.07, 6.45) is -0.455. The lowest BCUT2D eigenvalue weighted by Crippen LogP contribution is -2.54. The van der Waals surface area contributed by atoms with Gasteiger partial charge in [-0.05, 0) is 88.4 Å². The van der Waals surface area contributed by atoms with Gasteiger partial charge in [0, 0.05) is 46.3 Å². The molecule has 366 valence electrons. The topological polar surface area (TPSA) is 336 Å². The number of rotatable bonds is 26. The molecular weight excluding hydrogens is 920 g/mol. The van der Waals surface area contributed by atoms with Gasteiger partial charge in [-0.15, -0.1) is 21.5 Å². The van der Waals surface area contributed by atoms with E-state index in [1.54, 1.807) is 35.6 Å². The van der Waals surface area contributed by atoms with Crippen molar-refractivity contribution in [1.82, 2.24) is 30.7 Å². The van der Waals surface area contributed by atoms with Gasteiger partial charge in [-0.1, -0.05) is 23.7 Å². The van der Waals surface area contributed by atoms with Crippen molar-refractivity contribution >= 4 is 70.1 Å². The fourth-order valence-electron chi connectivity index (χ4n) is 7.03. The monoisotopic (exact) mass is 978 g/mol. The van der Waals surface area contributed by atoms with E-state index in [4.69, 9.17) is 53.7 Å². The summed E-state index contributed by atoms with van der Waals surface area (Å²) >= 11 is 7.88. The largest absolute Gasteiger partial charge is 0.491 e. The Bertz CT molecular complexity index is 2430. The number of guanidine groups is 2. The molecule has 68 heavy (non-hydrogen) atoms. The molecule has 0 unspecified atom stereocenters. The fourth-order valence-corrected chi connectivity index (χ4v) is 8.37. The van der Waals surface area contributed by atoms with Crippen LogP contribution in [0.1, 0.15) is 71.4 Å². The highest BCUT2D eigenvalue weighted by Crippen LogP contribution is 2.39. The lowest BCUT2D eigenvalue weighted by atomic mass is 9.99. The molecule has 22 nitrogen and oxygen atoms in total. The predicted molar refractivity (Wildman–Crippen MR) is 260 cm³/mol. The summed E-state index contributed by atoms with van der Waals surface area (Å²) in [5, 5.41) is 30.2. The molecule has 3 atom stereocenters. The Morgan fingerprint density at radius 1 is 0.824 bits per heavy atom. The summed E-state index contributed by atoms with van der Waals surface area (Å²) in [4.78, 5) is 65.1.